The molecule has 1 saturated carbocycles. The molecular formula is C24H22N2O7. The molecule has 0 aliphatic heterocycles. The molecule has 5 rings (SSSR count). The van der Waals surface area contributed by atoms with Crippen LogP contribution in [0.2, 0.25) is 0 Å². The van der Waals surface area contributed by atoms with E-state index in [-0.39, 0.29) is 35.5 Å². The number of ether oxygens (including phenoxy) is 1. The van der Waals surface area contributed by atoms with Gasteiger partial charge in [-0.15, -0.1) is 0 Å². The molecule has 0 unspecified atom stereocenters. The quantitative estimate of drug-likeness (QED) is 0.327. The maximum atomic E-state index is 13.6. The number of carbonyl (C=O) groups excluding carboxylic acids is 3. The third-order valence-corrected chi connectivity index (χ3v) is 7.16. The van der Waals surface area contributed by atoms with Gasteiger partial charge in [-0.25, -0.2) is 0 Å². The number of hydrogen-bond acceptors (Lipinski definition) is 8. The predicted molar refractivity (Wildman–Crippen MR) is 117 cm³/mol. The summed E-state index contributed by atoms with van der Waals surface area (Å²) in [5.41, 5.74) is 8.79. The number of ketones is 2. The van der Waals surface area contributed by atoms with Crippen molar-refractivity contribution in [2.45, 2.75) is 24.5 Å². The minimum atomic E-state index is -2.68. The number of aliphatic hydroxyl groups is 2. The average molecular weight is 450 g/mol. The lowest BCUT2D eigenvalue weighted by atomic mass is 9.57. The Labute approximate surface area is 187 Å². The fourth-order valence-electron chi connectivity index (χ4n) is 5.65. The van der Waals surface area contributed by atoms with Gasteiger partial charge in [0, 0.05) is 16.9 Å². The molecule has 1 fully saturated rings. The summed E-state index contributed by atoms with van der Waals surface area (Å²) < 4.78 is 5.17. The molecule has 0 heterocycles. The number of primary amides is 1. The van der Waals surface area contributed by atoms with Gasteiger partial charge in [-0.05, 0) is 29.7 Å². The first-order chi connectivity index (χ1) is 15.6. The zero-order valence-electron chi connectivity index (χ0n) is 17.7. The lowest BCUT2D eigenvalue weighted by molar-refractivity contribution is -0.159. The summed E-state index contributed by atoms with van der Waals surface area (Å²) in [6.45, 7) is 0. The zero-order valence-corrected chi connectivity index (χ0v) is 17.7. The highest BCUT2D eigenvalue weighted by Gasteiger charge is 2.64. The first-order valence-electron chi connectivity index (χ1n) is 10.4. The van der Waals surface area contributed by atoms with E-state index in [1.807, 2.05) is 18.2 Å². The van der Waals surface area contributed by atoms with Gasteiger partial charge in [0.25, 0.3) is 5.91 Å². The number of nitrogens with two attached hydrogens (primary N) is 2. The average Bonchev–Trinajstić information content (AvgIpc) is 2.77. The topological polar surface area (TPSA) is 173 Å². The Bertz CT molecular complexity index is 1340. The largest absolute Gasteiger partial charge is 0.507 e. The molecule has 9 heteroatoms. The van der Waals surface area contributed by atoms with E-state index < -0.39 is 52.3 Å². The standard InChI is InChI=1S/C24H22N2O7/c1-33-20-16(23(26)31)22(30)24(32)13(17(20)25)8-11-7-10-6-9-4-2-3-5-12(9)18(27)14(10)19(28)15(11)21(24)29/h2-6,11,13,17,27-28,32H,7-8,25H2,1H3,(H2,26,31)/t11-,13-,17-,24-/m0/s1. The van der Waals surface area contributed by atoms with Crippen LogP contribution in [0.25, 0.3) is 16.5 Å². The molecule has 2 aromatic rings. The summed E-state index contributed by atoms with van der Waals surface area (Å²) in [5, 5.41) is 34.6. The Kier molecular flexibility index (Phi) is 4.43. The molecule has 7 N–H and O–H groups in total. The number of rotatable bonds is 2. The van der Waals surface area contributed by atoms with E-state index >= 15 is 0 Å². The summed E-state index contributed by atoms with van der Waals surface area (Å²) in [6.07, 6.45) is 0.349. The van der Waals surface area contributed by atoms with Crippen LogP contribution in [0, 0.1) is 11.8 Å². The molecule has 3 aliphatic carbocycles. The first-order valence-corrected chi connectivity index (χ1v) is 10.4. The van der Waals surface area contributed by atoms with Crippen molar-refractivity contribution in [2.24, 2.45) is 23.3 Å². The van der Waals surface area contributed by atoms with Crippen LogP contribution in [-0.4, -0.2) is 51.5 Å². The van der Waals surface area contributed by atoms with Crippen LogP contribution in [0.3, 0.4) is 0 Å². The van der Waals surface area contributed by atoms with Crippen molar-refractivity contribution in [3.8, 4) is 5.75 Å². The summed E-state index contributed by atoms with van der Waals surface area (Å²) in [6, 6.07) is 7.76. The van der Waals surface area contributed by atoms with Crippen molar-refractivity contribution in [3.05, 3.63) is 58.4 Å². The fraction of sp³-hybridized carbons (Fsp3) is 0.292. The summed E-state index contributed by atoms with van der Waals surface area (Å²) >= 11 is 0. The number of Topliss-reactive ketones (excluding diaryl/α,β-unsaturated/α-hetero) is 2. The van der Waals surface area contributed by atoms with Gasteiger partial charge in [0.15, 0.2) is 5.60 Å². The number of benzene rings is 2. The number of aromatic hydroxyl groups is 1. The van der Waals surface area contributed by atoms with Gasteiger partial charge in [0.05, 0.1) is 18.7 Å². The van der Waals surface area contributed by atoms with Gasteiger partial charge in [-0.2, -0.15) is 0 Å². The monoisotopic (exact) mass is 450 g/mol. The lowest BCUT2D eigenvalue weighted by Gasteiger charge is -2.48. The zero-order chi connectivity index (χ0) is 23.8. The number of hydrogen-bond donors (Lipinski definition) is 5. The van der Waals surface area contributed by atoms with Crippen molar-refractivity contribution in [1.82, 2.24) is 0 Å². The SMILES string of the molecule is COC1=C(C(N)=O)C(=O)[C@@]2(O)C(=O)C3=C(O)c4c(cc5ccccc5c4O)C[C@H]3C[C@H]2[C@@H]1N. The van der Waals surface area contributed by atoms with Crippen molar-refractivity contribution in [2.75, 3.05) is 7.11 Å². The first kappa shape index (κ1) is 21.2. The van der Waals surface area contributed by atoms with E-state index in [1.54, 1.807) is 12.1 Å². The van der Waals surface area contributed by atoms with Crippen LogP contribution < -0.4 is 11.5 Å². The second kappa shape index (κ2) is 6.90. The molecular weight excluding hydrogens is 428 g/mol. The molecule has 170 valence electrons. The maximum Gasteiger partial charge on any atom is 0.255 e. The molecule has 0 aromatic heterocycles. The second-order valence-corrected chi connectivity index (χ2v) is 8.74. The van der Waals surface area contributed by atoms with Gasteiger partial charge in [-0.3, -0.25) is 14.4 Å². The van der Waals surface area contributed by atoms with Crippen LogP contribution in [-0.2, 0) is 25.5 Å². The molecule has 0 bridgehead atoms. The molecule has 0 spiro atoms. The van der Waals surface area contributed by atoms with Crippen LogP contribution in [0.15, 0.2) is 47.2 Å². The third kappa shape index (κ3) is 2.57. The molecule has 33 heavy (non-hydrogen) atoms. The van der Waals surface area contributed by atoms with E-state index in [9.17, 15) is 29.7 Å². The summed E-state index contributed by atoms with van der Waals surface area (Å²) in [4.78, 5) is 38.8. The minimum Gasteiger partial charge on any atom is -0.507 e. The van der Waals surface area contributed by atoms with Gasteiger partial charge >= 0.3 is 0 Å². The van der Waals surface area contributed by atoms with E-state index in [2.05, 4.69) is 0 Å². The van der Waals surface area contributed by atoms with Crippen LogP contribution in [0.4, 0.5) is 0 Å². The number of fused-ring (bicyclic) bond motifs is 4. The number of carbonyl (C=O) groups is 3. The van der Waals surface area contributed by atoms with Crippen LogP contribution >= 0.6 is 0 Å². The van der Waals surface area contributed by atoms with Gasteiger partial charge in [0.2, 0.25) is 11.6 Å². The molecule has 0 saturated heterocycles. The molecule has 3 aliphatic rings. The Hall–Kier alpha value is -3.69. The Morgan fingerprint density at radius 1 is 1.18 bits per heavy atom. The minimum absolute atomic E-state index is 0.0699. The molecule has 9 nitrogen and oxygen atoms in total. The number of amides is 1. The molecule has 0 radical (unpaired) electrons. The number of methoxy groups -OCH3 is 1. The Morgan fingerprint density at radius 3 is 2.55 bits per heavy atom. The van der Waals surface area contributed by atoms with Crippen molar-refractivity contribution in [1.29, 1.82) is 0 Å². The predicted octanol–water partition coefficient (Wildman–Crippen LogP) is 0.603. The van der Waals surface area contributed by atoms with Gasteiger partial charge in [0.1, 0.15) is 22.8 Å². The summed E-state index contributed by atoms with van der Waals surface area (Å²) in [5.74, 6) is -5.94. The van der Waals surface area contributed by atoms with E-state index in [0.717, 1.165) is 5.39 Å². The fourth-order valence-corrected chi connectivity index (χ4v) is 5.65. The van der Waals surface area contributed by atoms with E-state index in [0.29, 0.717) is 10.9 Å². The van der Waals surface area contributed by atoms with Gasteiger partial charge in [-0.1, -0.05) is 30.3 Å². The second-order valence-electron chi connectivity index (χ2n) is 8.74. The van der Waals surface area contributed by atoms with Crippen molar-refractivity contribution in [3.63, 3.8) is 0 Å². The van der Waals surface area contributed by atoms with Crippen LogP contribution in [0.1, 0.15) is 17.5 Å². The molecule has 1 amide bonds. The molecule has 4 atom stereocenters. The highest BCUT2D eigenvalue weighted by Crippen LogP contribution is 2.52. The Morgan fingerprint density at radius 2 is 1.88 bits per heavy atom. The normalized spacial score (nSPS) is 29.0. The number of phenolic OH excluding ortho intramolecular Hbond substituents is 1. The van der Waals surface area contributed by atoms with E-state index in [1.165, 1.54) is 7.11 Å². The maximum absolute atomic E-state index is 13.6. The van der Waals surface area contributed by atoms with Crippen molar-refractivity contribution >= 4 is 34.0 Å². The highest BCUT2D eigenvalue weighted by molar-refractivity contribution is 6.33. The summed E-state index contributed by atoms with van der Waals surface area (Å²) in [7, 11) is 1.22. The van der Waals surface area contributed by atoms with E-state index in [4.69, 9.17) is 16.2 Å². The third-order valence-electron chi connectivity index (χ3n) is 7.16. The van der Waals surface area contributed by atoms with Crippen LogP contribution in [0.5, 0.6) is 5.75 Å². The van der Waals surface area contributed by atoms with Gasteiger partial charge < -0.3 is 31.5 Å². The number of aliphatic hydroxyl groups excluding tert-OH is 1. The van der Waals surface area contributed by atoms with Crippen molar-refractivity contribution < 1.29 is 34.4 Å². The lowest BCUT2D eigenvalue weighted by Crippen LogP contribution is -2.66. The Balaban J connectivity index is 1.73. The number of phenols is 1. The smallest absolute Gasteiger partial charge is 0.255 e. The highest BCUT2D eigenvalue weighted by atomic mass is 16.5. The molecule has 2 aromatic carbocycles.